The van der Waals surface area contributed by atoms with Crippen LogP contribution in [-0.4, -0.2) is 20.6 Å². The predicted octanol–water partition coefficient (Wildman–Crippen LogP) is 1.47. The fourth-order valence-corrected chi connectivity index (χ4v) is 1.76. The van der Waals surface area contributed by atoms with Crippen molar-refractivity contribution in [1.82, 2.24) is 14.5 Å². The highest BCUT2D eigenvalue weighted by atomic mass is 15.1. The van der Waals surface area contributed by atoms with Gasteiger partial charge in [0.2, 0.25) is 0 Å². The van der Waals surface area contributed by atoms with Crippen molar-refractivity contribution in [2.45, 2.75) is 26.3 Å². The van der Waals surface area contributed by atoms with Crippen LogP contribution in [0.15, 0.2) is 30.7 Å². The molecule has 16 heavy (non-hydrogen) atoms. The molecule has 2 N–H and O–H groups in total. The summed E-state index contributed by atoms with van der Waals surface area (Å²) in [5.74, 6) is 1.86. The van der Waals surface area contributed by atoms with Crippen LogP contribution < -0.4 is 5.73 Å². The Morgan fingerprint density at radius 1 is 1.38 bits per heavy atom. The molecule has 0 saturated carbocycles. The second-order valence-electron chi connectivity index (χ2n) is 4.01. The summed E-state index contributed by atoms with van der Waals surface area (Å²) in [7, 11) is 0. The van der Waals surface area contributed by atoms with Crippen LogP contribution >= 0.6 is 0 Å². The molecule has 0 aliphatic rings. The zero-order chi connectivity index (χ0) is 11.5. The molecule has 84 valence electrons. The number of imidazole rings is 1. The first-order valence-electron chi connectivity index (χ1n) is 5.38. The molecule has 0 aliphatic heterocycles. The van der Waals surface area contributed by atoms with Crippen molar-refractivity contribution in [3.63, 3.8) is 0 Å². The number of nitrogens with zero attached hydrogens (tertiary/aromatic N) is 3. The molecule has 2 aromatic rings. The summed E-state index contributed by atoms with van der Waals surface area (Å²) in [5.41, 5.74) is 6.98. The van der Waals surface area contributed by atoms with E-state index in [1.165, 1.54) is 0 Å². The van der Waals surface area contributed by atoms with Crippen LogP contribution in [0.3, 0.4) is 0 Å². The summed E-state index contributed by atoms with van der Waals surface area (Å²) < 4.78 is 1.98. The van der Waals surface area contributed by atoms with Crippen molar-refractivity contribution in [1.29, 1.82) is 0 Å². The Morgan fingerprint density at radius 3 is 2.81 bits per heavy atom. The third kappa shape index (κ3) is 2.12. The van der Waals surface area contributed by atoms with Crippen molar-refractivity contribution < 1.29 is 0 Å². The molecule has 2 aromatic heterocycles. The van der Waals surface area contributed by atoms with Crippen LogP contribution in [0.5, 0.6) is 0 Å². The van der Waals surface area contributed by atoms with Crippen LogP contribution in [-0.2, 0) is 6.42 Å². The molecule has 2 rings (SSSR count). The molecule has 0 fully saturated rings. The standard InChI is InChI=1S/C12H16N4/c1-9(13)8-11-4-3-5-15-12(11)16-7-6-14-10(16)2/h3-7,9H,8,13H2,1-2H3. The van der Waals surface area contributed by atoms with Gasteiger partial charge in [-0.15, -0.1) is 0 Å². The molecule has 1 unspecified atom stereocenters. The lowest BCUT2D eigenvalue weighted by Crippen LogP contribution is -2.19. The summed E-state index contributed by atoms with van der Waals surface area (Å²) in [4.78, 5) is 8.61. The van der Waals surface area contributed by atoms with Crippen molar-refractivity contribution >= 4 is 0 Å². The summed E-state index contributed by atoms with van der Waals surface area (Å²) in [6.07, 6.45) is 6.31. The summed E-state index contributed by atoms with van der Waals surface area (Å²) in [6.45, 7) is 3.96. The monoisotopic (exact) mass is 216 g/mol. The molecule has 0 amide bonds. The minimum atomic E-state index is 0.131. The lowest BCUT2D eigenvalue weighted by atomic mass is 10.1. The van der Waals surface area contributed by atoms with E-state index in [1.807, 2.05) is 30.7 Å². The largest absolute Gasteiger partial charge is 0.328 e. The van der Waals surface area contributed by atoms with Gasteiger partial charge in [0.25, 0.3) is 0 Å². The summed E-state index contributed by atoms with van der Waals surface area (Å²) in [6, 6.07) is 4.13. The normalized spacial score (nSPS) is 12.7. The molecule has 4 heteroatoms. The van der Waals surface area contributed by atoms with Crippen molar-refractivity contribution in [2.24, 2.45) is 5.73 Å². The van der Waals surface area contributed by atoms with Crippen LogP contribution in [0, 0.1) is 6.92 Å². The number of aromatic nitrogens is 3. The molecule has 1 atom stereocenters. The molecule has 0 saturated heterocycles. The lowest BCUT2D eigenvalue weighted by molar-refractivity contribution is 0.727. The number of pyridine rings is 1. The highest BCUT2D eigenvalue weighted by Crippen LogP contribution is 2.14. The van der Waals surface area contributed by atoms with Crippen LogP contribution in [0.4, 0.5) is 0 Å². The van der Waals surface area contributed by atoms with Crippen LogP contribution in [0.2, 0.25) is 0 Å². The van der Waals surface area contributed by atoms with Crippen molar-refractivity contribution in [3.8, 4) is 5.82 Å². The van der Waals surface area contributed by atoms with Crippen LogP contribution in [0.1, 0.15) is 18.3 Å². The molecule has 4 nitrogen and oxygen atoms in total. The van der Waals surface area contributed by atoms with Gasteiger partial charge in [-0.3, -0.25) is 4.57 Å². The van der Waals surface area contributed by atoms with Gasteiger partial charge in [0, 0.05) is 24.6 Å². The fourth-order valence-electron chi connectivity index (χ4n) is 1.76. The smallest absolute Gasteiger partial charge is 0.141 e. The maximum absolute atomic E-state index is 5.83. The number of nitrogens with two attached hydrogens (primary N) is 1. The van der Waals surface area contributed by atoms with E-state index in [4.69, 9.17) is 5.73 Å². The number of rotatable bonds is 3. The molecule has 0 aromatic carbocycles. The summed E-state index contributed by atoms with van der Waals surface area (Å²) in [5, 5.41) is 0. The van der Waals surface area contributed by atoms with Gasteiger partial charge in [0.15, 0.2) is 0 Å². The Balaban J connectivity index is 2.44. The second kappa shape index (κ2) is 4.45. The third-order valence-corrected chi connectivity index (χ3v) is 2.46. The first-order valence-corrected chi connectivity index (χ1v) is 5.38. The van der Waals surface area contributed by atoms with Gasteiger partial charge < -0.3 is 5.73 Å². The quantitative estimate of drug-likeness (QED) is 0.845. The molecule has 0 aliphatic carbocycles. The van der Waals surface area contributed by atoms with Crippen molar-refractivity contribution in [2.75, 3.05) is 0 Å². The summed E-state index contributed by atoms with van der Waals surface area (Å²) >= 11 is 0. The van der Waals surface area contributed by atoms with E-state index in [1.54, 1.807) is 12.4 Å². The Hall–Kier alpha value is -1.68. The minimum absolute atomic E-state index is 0.131. The van der Waals surface area contributed by atoms with E-state index in [0.29, 0.717) is 0 Å². The van der Waals surface area contributed by atoms with Gasteiger partial charge >= 0.3 is 0 Å². The Labute approximate surface area is 95.1 Å². The van der Waals surface area contributed by atoms with E-state index in [0.717, 1.165) is 23.6 Å². The lowest BCUT2D eigenvalue weighted by Gasteiger charge is -2.11. The predicted molar refractivity (Wildman–Crippen MR) is 63.4 cm³/mol. The zero-order valence-corrected chi connectivity index (χ0v) is 9.59. The van der Waals surface area contributed by atoms with Gasteiger partial charge in [0.1, 0.15) is 11.6 Å². The Morgan fingerprint density at radius 2 is 2.19 bits per heavy atom. The topological polar surface area (TPSA) is 56.7 Å². The van der Waals surface area contributed by atoms with Gasteiger partial charge in [-0.1, -0.05) is 6.07 Å². The molecular formula is C12H16N4. The number of hydrogen-bond donors (Lipinski definition) is 1. The van der Waals surface area contributed by atoms with E-state index < -0.39 is 0 Å². The van der Waals surface area contributed by atoms with Crippen LogP contribution in [0.25, 0.3) is 5.82 Å². The highest BCUT2D eigenvalue weighted by molar-refractivity contribution is 5.35. The maximum Gasteiger partial charge on any atom is 0.141 e. The zero-order valence-electron chi connectivity index (χ0n) is 9.59. The molecule has 0 bridgehead atoms. The fraction of sp³-hybridized carbons (Fsp3) is 0.333. The average Bonchev–Trinajstić information content (AvgIpc) is 2.64. The van der Waals surface area contributed by atoms with E-state index >= 15 is 0 Å². The minimum Gasteiger partial charge on any atom is -0.328 e. The van der Waals surface area contributed by atoms with Gasteiger partial charge in [-0.25, -0.2) is 9.97 Å². The van der Waals surface area contributed by atoms with E-state index in [2.05, 4.69) is 16.0 Å². The molecule has 0 radical (unpaired) electrons. The van der Waals surface area contributed by atoms with Gasteiger partial charge in [-0.05, 0) is 31.9 Å². The molecule has 0 spiro atoms. The maximum atomic E-state index is 5.83. The first kappa shape index (κ1) is 10.8. The van der Waals surface area contributed by atoms with E-state index in [9.17, 15) is 0 Å². The highest BCUT2D eigenvalue weighted by Gasteiger charge is 2.09. The van der Waals surface area contributed by atoms with E-state index in [-0.39, 0.29) is 6.04 Å². The third-order valence-electron chi connectivity index (χ3n) is 2.46. The first-order chi connectivity index (χ1) is 7.68. The number of aryl methyl sites for hydroxylation is 1. The Kier molecular flexibility index (Phi) is 3.01. The molecular weight excluding hydrogens is 200 g/mol. The van der Waals surface area contributed by atoms with Gasteiger partial charge in [-0.2, -0.15) is 0 Å². The average molecular weight is 216 g/mol. The number of hydrogen-bond acceptors (Lipinski definition) is 3. The SMILES string of the molecule is Cc1nccn1-c1ncccc1CC(C)N. The van der Waals surface area contributed by atoms with Gasteiger partial charge in [0.05, 0.1) is 0 Å². The Bertz CT molecular complexity index is 473. The van der Waals surface area contributed by atoms with Crippen molar-refractivity contribution in [3.05, 3.63) is 42.1 Å². The second-order valence-corrected chi connectivity index (χ2v) is 4.01. The molecule has 2 heterocycles.